The first-order chi connectivity index (χ1) is 13.7. The van der Waals surface area contributed by atoms with E-state index in [1.54, 1.807) is 6.33 Å². The van der Waals surface area contributed by atoms with Gasteiger partial charge >= 0.3 is 0 Å². The van der Waals surface area contributed by atoms with Crippen LogP contribution in [0.2, 0.25) is 0 Å². The summed E-state index contributed by atoms with van der Waals surface area (Å²) in [6, 6.07) is 12.9. The molecule has 0 saturated carbocycles. The van der Waals surface area contributed by atoms with Crippen molar-refractivity contribution in [3.05, 3.63) is 59.9 Å². The molecule has 6 rings (SSSR count). The summed E-state index contributed by atoms with van der Waals surface area (Å²) in [7, 11) is 0. The quantitative estimate of drug-likeness (QED) is 0.738. The van der Waals surface area contributed by atoms with E-state index in [9.17, 15) is 0 Å². The van der Waals surface area contributed by atoms with Crippen LogP contribution in [0.25, 0.3) is 11.3 Å². The highest BCUT2D eigenvalue weighted by Crippen LogP contribution is 2.30. The highest BCUT2D eigenvalue weighted by Gasteiger charge is 2.35. The Morgan fingerprint density at radius 3 is 2.82 bits per heavy atom. The van der Waals surface area contributed by atoms with Crippen molar-refractivity contribution in [2.45, 2.75) is 38.9 Å². The van der Waals surface area contributed by atoms with Crippen molar-refractivity contribution < 1.29 is 4.52 Å². The molecule has 1 N–H and O–H groups in total. The molecule has 0 aliphatic carbocycles. The van der Waals surface area contributed by atoms with Crippen molar-refractivity contribution >= 4 is 0 Å². The fraction of sp³-hybridized carbons (Fsp3) is 0.455. The first-order valence-corrected chi connectivity index (χ1v) is 10.2. The first kappa shape index (κ1) is 17.6. The highest BCUT2D eigenvalue weighted by molar-refractivity contribution is 5.58. The summed E-state index contributed by atoms with van der Waals surface area (Å²) in [4.78, 5) is 12.9. The molecule has 146 valence electrons. The first-order valence-electron chi connectivity index (χ1n) is 10.2. The number of aromatic amines is 1. The standard InChI is InChI=1S/C22H27N5O/c1-16-22(24-15-23-16)14-26-10-17-7-8-19(12-26)27(11-17)13-20-9-21(25-28-20)18-5-3-2-4-6-18/h2-6,9,15,17,19H,7-8,10-14H2,1H3,(H,23,24)/t17-,19+/m1/s1. The molecule has 0 amide bonds. The van der Waals surface area contributed by atoms with Gasteiger partial charge in [-0.3, -0.25) is 9.80 Å². The molecular formula is C22H27N5O. The number of hydrogen-bond acceptors (Lipinski definition) is 5. The van der Waals surface area contributed by atoms with Crippen LogP contribution in [-0.2, 0) is 13.1 Å². The largest absolute Gasteiger partial charge is 0.359 e. The molecule has 2 bridgehead atoms. The summed E-state index contributed by atoms with van der Waals surface area (Å²) in [6.45, 7) is 7.29. The van der Waals surface area contributed by atoms with Crippen LogP contribution in [-0.4, -0.2) is 50.6 Å². The Morgan fingerprint density at radius 2 is 2.00 bits per heavy atom. The fourth-order valence-corrected chi connectivity index (χ4v) is 4.69. The Labute approximate surface area is 165 Å². The van der Waals surface area contributed by atoms with Crippen molar-refractivity contribution in [1.82, 2.24) is 24.9 Å². The predicted octanol–water partition coefficient (Wildman–Crippen LogP) is 3.47. The zero-order chi connectivity index (χ0) is 18.9. The van der Waals surface area contributed by atoms with Crippen LogP contribution < -0.4 is 0 Å². The average molecular weight is 377 g/mol. The van der Waals surface area contributed by atoms with E-state index in [0.717, 1.165) is 55.7 Å². The third kappa shape index (κ3) is 3.62. The number of fused-ring (bicyclic) bond motifs is 4. The van der Waals surface area contributed by atoms with Crippen LogP contribution >= 0.6 is 0 Å². The van der Waals surface area contributed by atoms with E-state index in [1.807, 2.05) is 18.2 Å². The Balaban J connectivity index is 1.27. The number of piperidine rings is 1. The normalized spacial score (nSPS) is 23.2. The van der Waals surface area contributed by atoms with Gasteiger partial charge in [-0.2, -0.15) is 0 Å². The van der Waals surface area contributed by atoms with Gasteiger partial charge in [-0.05, 0) is 25.7 Å². The molecular weight excluding hydrogens is 350 g/mol. The maximum absolute atomic E-state index is 5.68. The zero-order valence-corrected chi connectivity index (χ0v) is 16.3. The Kier molecular flexibility index (Phi) is 4.74. The maximum atomic E-state index is 5.68. The second kappa shape index (κ2) is 7.53. The minimum Gasteiger partial charge on any atom is -0.359 e. The molecule has 6 nitrogen and oxygen atoms in total. The Morgan fingerprint density at radius 1 is 1.11 bits per heavy atom. The van der Waals surface area contributed by atoms with E-state index >= 15 is 0 Å². The lowest BCUT2D eigenvalue weighted by Gasteiger charge is -2.35. The maximum Gasteiger partial charge on any atom is 0.151 e. The Bertz CT molecular complexity index is 918. The number of H-pyrrole nitrogens is 1. The van der Waals surface area contributed by atoms with Gasteiger partial charge in [0.2, 0.25) is 0 Å². The van der Waals surface area contributed by atoms with Gasteiger partial charge in [0.25, 0.3) is 0 Å². The molecule has 0 spiro atoms. The molecule has 0 unspecified atom stereocenters. The molecule has 3 saturated heterocycles. The predicted molar refractivity (Wildman–Crippen MR) is 107 cm³/mol. The lowest BCUT2D eigenvalue weighted by molar-refractivity contribution is 0.111. The molecule has 2 aromatic heterocycles. The van der Waals surface area contributed by atoms with Crippen LogP contribution in [0.1, 0.15) is 30.0 Å². The van der Waals surface area contributed by atoms with E-state index in [4.69, 9.17) is 4.52 Å². The van der Waals surface area contributed by atoms with E-state index < -0.39 is 0 Å². The van der Waals surface area contributed by atoms with Gasteiger partial charge in [-0.25, -0.2) is 4.98 Å². The summed E-state index contributed by atoms with van der Waals surface area (Å²) < 4.78 is 5.68. The fourth-order valence-electron chi connectivity index (χ4n) is 4.69. The smallest absolute Gasteiger partial charge is 0.151 e. The van der Waals surface area contributed by atoms with Gasteiger partial charge in [0, 0.05) is 49.5 Å². The Hall–Kier alpha value is -2.44. The van der Waals surface area contributed by atoms with Crippen molar-refractivity contribution in [2.24, 2.45) is 5.92 Å². The van der Waals surface area contributed by atoms with Crippen molar-refractivity contribution in [2.75, 3.05) is 19.6 Å². The summed E-state index contributed by atoms with van der Waals surface area (Å²) >= 11 is 0. The number of aryl methyl sites for hydroxylation is 1. The molecule has 0 radical (unpaired) electrons. The minimum absolute atomic E-state index is 0.572. The summed E-state index contributed by atoms with van der Waals surface area (Å²) in [6.07, 6.45) is 4.39. The molecule has 3 aromatic rings. The van der Waals surface area contributed by atoms with E-state index in [2.05, 4.69) is 50.0 Å². The molecule has 1 aromatic carbocycles. The molecule has 5 heterocycles. The second-order valence-electron chi connectivity index (χ2n) is 8.24. The number of imidazole rings is 1. The van der Waals surface area contributed by atoms with Crippen LogP contribution in [0, 0.1) is 12.8 Å². The number of aromatic nitrogens is 3. The summed E-state index contributed by atoms with van der Waals surface area (Å²) in [5, 5.41) is 4.29. The number of nitrogens with one attached hydrogen (secondary N) is 1. The molecule has 3 aliphatic heterocycles. The van der Waals surface area contributed by atoms with Crippen LogP contribution in [0.3, 0.4) is 0 Å². The zero-order valence-electron chi connectivity index (χ0n) is 16.3. The van der Waals surface area contributed by atoms with Gasteiger partial charge in [0.15, 0.2) is 5.76 Å². The highest BCUT2D eigenvalue weighted by atomic mass is 16.5. The van der Waals surface area contributed by atoms with Gasteiger partial charge in [0.1, 0.15) is 5.69 Å². The topological polar surface area (TPSA) is 61.2 Å². The van der Waals surface area contributed by atoms with Crippen LogP contribution in [0.15, 0.2) is 47.2 Å². The lowest BCUT2D eigenvalue weighted by atomic mass is 9.95. The number of nitrogens with zero attached hydrogens (tertiary/aromatic N) is 4. The third-order valence-electron chi connectivity index (χ3n) is 6.20. The lowest BCUT2D eigenvalue weighted by Crippen LogP contribution is -2.43. The van der Waals surface area contributed by atoms with Gasteiger partial charge < -0.3 is 9.51 Å². The molecule has 6 heteroatoms. The van der Waals surface area contributed by atoms with E-state index in [-0.39, 0.29) is 0 Å². The number of rotatable bonds is 5. The van der Waals surface area contributed by atoms with E-state index in [0.29, 0.717) is 6.04 Å². The summed E-state index contributed by atoms with van der Waals surface area (Å²) in [5.41, 5.74) is 4.39. The second-order valence-corrected chi connectivity index (χ2v) is 8.24. The molecule has 28 heavy (non-hydrogen) atoms. The monoisotopic (exact) mass is 377 g/mol. The minimum atomic E-state index is 0.572. The van der Waals surface area contributed by atoms with Crippen LogP contribution in [0.4, 0.5) is 0 Å². The summed E-state index contributed by atoms with van der Waals surface area (Å²) in [5.74, 6) is 1.68. The molecule has 3 aliphatic rings. The molecule has 2 atom stereocenters. The molecule has 3 fully saturated rings. The average Bonchev–Trinajstić information content (AvgIpc) is 3.24. The van der Waals surface area contributed by atoms with Gasteiger partial charge in [-0.15, -0.1) is 0 Å². The third-order valence-corrected chi connectivity index (χ3v) is 6.20. The van der Waals surface area contributed by atoms with Crippen molar-refractivity contribution in [3.63, 3.8) is 0 Å². The van der Waals surface area contributed by atoms with E-state index in [1.165, 1.54) is 24.2 Å². The van der Waals surface area contributed by atoms with Gasteiger partial charge in [0.05, 0.1) is 18.6 Å². The van der Waals surface area contributed by atoms with Crippen molar-refractivity contribution in [1.29, 1.82) is 0 Å². The number of benzene rings is 1. The van der Waals surface area contributed by atoms with Gasteiger partial charge in [-0.1, -0.05) is 35.5 Å². The van der Waals surface area contributed by atoms with Crippen LogP contribution in [0.5, 0.6) is 0 Å². The number of hydrogen-bond donors (Lipinski definition) is 1. The van der Waals surface area contributed by atoms with Crippen molar-refractivity contribution in [3.8, 4) is 11.3 Å². The SMILES string of the molecule is Cc1[nH]cnc1CN1C[C@H]2CC[C@@H](C1)N(Cc1cc(-c3ccccc3)no1)C2.